The molecule has 0 radical (unpaired) electrons. The fourth-order valence-corrected chi connectivity index (χ4v) is 4.04. The molecule has 1 aliphatic heterocycles. The predicted molar refractivity (Wildman–Crippen MR) is 122 cm³/mol. The molecule has 0 bridgehead atoms. The smallest absolute Gasteiger partial charge is 0.274 e. The number of rotatable bonds is 6. The average Bonchev–Trinajstić information content (AvgIpc) is 3.25. The predicted octanol–water partition coefficient (Wildman–Crippen LogP) is 4.84. The van der Waals surface area contributed by atoms with Crippen molar-refractivity contribution in [3.63, 3.8) is 0 Å². The highest BCUT2D eigenvalue weighted by molar-refractivity contribution is 6.36. The molecule has 1 aliphatic rings. The van der Waals surface area contributed by atoms with Gasteiger partial charge >= 0.3 is 0 Å². The maximum atomic E-state index is 12.8. The van der Waals surface area contributed by atoms with Gasteiger partial charge in [0.1, 0.15) is 5.75 Å². The van der Waals surface area contributed by atoms with Gasteiger partial charge in [0.25, 0.3) is 5.91 Å². The SMILES string of the molecule is O=C(c1ccn(COc2ccc(Cl)cc2)n1)N1CCN(Cc2c(Cl)cccc2Cl)CC1. The van der Waals surface area contributed by atoms with E-state index >= 15 is 0 Å². The highest BCUT2D eigenvalue weighted by atomic mass is 35.5. The summed E-state index contributed by atoms with van der Waals surface area (Å²) in [4.78, 5) is 16.9. The molecule has 162 valence electrons. The Morgan fingerprint density at radius 1 is 0.935 bits per heavy atom. The number of aromatic nitrogens is 2. The molecule has 1 fully saturated rings. The first-order valence-corrected chi connectivity index (χ1v) is 11.0. The number of carbonyl (C=O) groups is 1. The summed E-state index contributed by atoms with van der Waals surface area (Å²) in [6.07, 6.45) is 1.73. The van der Waals surface area contributed by atoms with E-state index in [1.54, 1.807) is 41.2 Å². The number of benzene rings is 2. The number of carbonyl (C=O) groups excluding carboxylic acids is 1. The number of halogens is 3. The third-order valence-electron chi connectivity index (χ3n) is 5.14. The van der Waals surface area contributed by atoms with Gasteiger partial charge in [-0.1, -0.05) is 40.9 Å². The zero-order chi connectivity index (χ0) is 21.8. The second kappa shape index (κ2) is 9.92. The Morgan fingerprint density at radius 3 is 2.29 bits per heavy atom. The van der Waals surface area contributed by atoms with Gasteiger partial charge in [0, 0.05) is 59.6 Å². The van der Waals surface area contributed by atoms with Crippen molar-refractivity contribution < 1.29 is 9.53 Å². The molecular weight excluding hydrogens is 459 g/mol. The van der Waals surface area contributed by atoms with E-state index in [0.29, 0.717) is 46.1 Å². The fourth-order valence-electron chi connectivity index (χ4n) is 3.40. The van der Waals surface area contributed by atoms with Crippen LogP contribution >= 0.6 is 34.8 Å². The van der Waals surface area contributed by atoms with E-state index in [-0.39, 0.29) is 12.6 Å². The van der Waals surface area contributed by atoms with Gasteiger partial charge in [-0.3, -0.25) is 9.69 Å². The first-order chi connectivity index (χ1) is 15.0. The normalized spacial score (nSPS) is 14.6. The topological polar surface area (TPSA) is 50.6 Å². The summed E-state index contributed by atoms with van der Waals surface area (Å²) in [5.74, 6) is 0.600. The first kappa shape index (κ1) is 22.0. The zero-order valence-electron chi connectivity index (χ0n) is 16.7. The highest BCUT2D eigenvalue weighted by Gasteiger charge is 2.24. The summed E-state index contributed by atoms with van der Waals surface area (Å²) in [5.41, 5.74) is 1.33. The van der Waals surface area contributed by atoms with Crippen LogP contribution in [-0.4, -0.2) is 51.7 Å². The van der Waals surface area contributed by atoms with Crippen molar-refractivity contribution in [2.45, 2.75) is 13.3 Å². The van der Waals surface area contributed by atoms with E-state index in [1.165, 1.54) is 0 Å². The number of hydrogen-bond donors (Lipinski definition) is 0. The van der Waals surface area contributed by atoms with E-state index in [9.17, 15) is 4.79 Å². The minimum Gasteiger partial charge on any atom is -0.471 e. The van der Waals surface area contributed by atoms with Crippen LogP contribution in [0.25, 0.3) is 0 Å². The molecule has 6 nitrogen and oxygen atoms in total. The summed E-state index contributed by atoms with van der Waals surface area (Å²) in [6.45, 7) is 3.60. The van der Waals surface area contributed by atoms with E-state index in [0.717, 1.165) is 18.7 Å². The Balaban J connectivity index is 1.29. The van der Waals surface area contributed by atoms with Gasteiger partial charge in [-0.05, 0) is 42.5 Å². The molecule has 1 saturated heterocycles. The maximum Gasteiger partial charge on any atom is 0.274 e. The molecule has 0 N–H and O–H groups in total. The van der Waals surface area contributed by atoms with Crippen molar-refractivity contribution in [3.8, 4) is 5.75 Å². The number of amides is 1. The minimum atomic E-state index is -0.0827. The van der Waals surface area contributed by atoms with Crippen LogP contribution in [0.3, 0.4) is 0 Å². The molecular formula is C22H21Cl3N4O2. The Hall–Kier alpha value is -2.25. The molecule has 0 spiro atoms. The van der Waals surface area contributed by atoms with E-state index < -0.39 is 0 Å². The lowest BCUT2D eigenvalue weighted by atomic mass is 10.2. The molecule has 1 amide bonds. The Kier molecular flexibility index (Phi) is 7.02. The highest BCUT2D eigenvalue weighted by Crippen LogP contribution is 2.26. The van der Waals surface area contributed by atoms with E-state index in [2.05, 4.69) is 10.00 Å². The molecule has 3 aromatic rings. The lowest BCUT2D eigenvalue weighted by molar-refractivity contribution is 0.0621. The third kappa shape index (κ3) is 5.52. The van der Waals surface area contributed by atoms with E-state index in [4.69, 9.17) is 39.5 Å². The Bertz CT molecular complexity index is 1030. The molecule has 0 saturated carbocycles. The largest absolute Gasteiger partial charge is 0.471 e. The van der Waals surface area contributed by atoms with Crippen LogP contribution in [0, 0.1) is 0 Å². The van der Waals surface area contributed by atoms with Gasteiger partial charge in [-0.25, -0.2) is 4.68 Å². The van der Waals surface area contributed by atoms with Gasteiger partial charge in [-0.15, -0.1) is 0 Å². The fraction of sp³-hybridized carbons (Fsp3) is 0.273. The molecule has 2 heterocycles. The van der Waals surface area contributed by atoms with Crippen LogP contribution in [0.5, 0.6) is 5.75 Å². The van der Waals surface area contributed by atoms with Gasteiger partial charge in [0.2, 0.25) is 0 Å². The summed E-state index contributed by atoms with van der Waals surface area (Å²) in [6, 6.07) is 14.3. The van der Waals surface area contributed by atoms with Gasteiger partial charge in [0.05, 0.1) is 0 Å². The summed E-state index contributed by atoms with van der Waals surface area (Å²) < 4.78 is 7.26. The van der Waals surface area contributed by atoms with Crippen LogP contribution in [0.4, 0.5) is 0 Å². The van der Waals surface area contributed by atoms with Gasteiger partial charge in [-0.2, -0.15) is 5.10 Å². The summed E-state index contributed by atoms with van der Waals surface area (Å²) >= 11 is 18.4. The van der Waals surface area contributed by atoms with Crippen LogP contribution in [0.2, 0.25) is 15.1 Å². The molecule has 9 heteroatoms. The van der Waals surface area contributed by atoms with Crippen molar-refractivity contribution in [1.82, 2.24) is 19.6 Å². The lowest BCUT2D eigenvalue weighted by Crippen LogP contribution is -2.48. The zero-order valence-corrected chi connectivity index (χ0v) is 18.9. The molecule has 0 aliphatic carbocycles. The van der Waals surface area contributed by atoms with Crippen LogP contribution < -0.4 is 4.74 Å². The molecule has 4 rings (SSSR count). The summed E-state index contributed by atoms with van der Waals surface area (Å²) in [7, 11) is 0. The van der Waals surface area contributed by atoms with Gasteiger partial charge in [0.15, 0.2) is 12.4 Å². The monoisotopic (exact) mass is 478 g/mol. The number of hydrogen-bond acceptors (Lipinski definition) is 4. The Labute approximate surface area is 195 Å². The molecule has 0 atom stereocenters. The van der Waals surface area contributed by atoms with Crippen molar-refractivity contribution in [2.75, 3.05) is 26.2 Å². The molecule has 31 heavy (non-hydrogen) atoms. The molecule has 1 aromatic heterocycles. The van der Waals surface area contributed by atoms with Crippen molar-refractivity contribution in [1.29, 1.82) is 0 Å². The standard InChI is InChI=1S/C22H21Cl3N4O2/c23-16-4-6-17(7-5-16)31-15-29-9-8-21(26-29)22(30)28-12-10-27(11-13-28)14-18-19(24)2-1-3-20(18)25/h1-9H,10-15H2. The Morgan fingerprint density at radius 2 is 1.61 bits per heavy atom. The van der Waals surface area contributed by atoms with Gasteiger partial charge < -0.3 is 9.64 Å². The molecule has 2 aromatic carbocycles. The molecule has 0 unspecified atom stereocenters. The number of nitrogens with zero attached hydrogens (tertiary/aromatic N) is 4. The number of piperazine rings is 1. The average molecular weight is 480 g/mol. The number of ether oxygens (including phenoxy) is 1. The van der Waals surface area contributed by atoms with Crippen LogP contribution in [-0.2, 0) is 13.3 Å². The first-order valence-electron chi connectivity index (χ1n) is 9.86. The third-order valence-corrected chi connectivity index (χ3v) is 6.10. The maximum absolute atomic E-state index is 12.8. The van der Waals surface area contributed by atoms with Crippen molar-refractivity contribution in [2.24, 2.45) is 0 Å². The van der Waals surface area contributed by atoms with Crippen LogP contribution in [0.15, 0.2) is 54.7 Å². The van der Waals surface area contributed by atoms with E-state index in [1.807, 2.05) is 23.1 Å². The minimum absolute atomic E-state index is 0.0827. The quantitative estimate of drug-likeness (QED) is 0.508. The van der Waals surface area contributed by atoms with Crippen molar-refractivity contribution >= 4 is 40.7 Å². The van der Waals surface area contributed by atoms with Crippen molar-refractivity contribution in [3.05, 3.63) is 81.1 Å². The lowest BCUT2D eigenvalue weighted by Gasteiger charge is -2.34. The second-order valence-corrected chi connectivity index (χ2v) is 8.49. The second-order valence-electron chi connectivity index (χ2n) is 7.24. The summed E-state index contributed by atoms with van der Waals surface area (Å²) in [5, 5.41) is 6.33. The van der Waals surface area contributed by atoms with Crippen LogP contribution in [0.1, 0.15) is 16.1 Å².